The molecule has 3 nitrogen and oxygen atoms in total. The van der Waals surface area contributed by atoms with E-state index in [-0.39, 0.29) is 5.56 Å². The van der Waals surface area contributed by atoms with Crippen molar-refractivity contribution in [1.82, 2.24) is 9.78 Å². The van der Waals surface area contributed by atoms with Crippen LogP contribution in [0.4, 0.5) is 8.78 Å². The molecule has 5 heteroatoms. The fraction of sp³-hybridized carbons (Fsp3) is 0.250. The molecule has 0 spiro atoms. The second kappa shape index (κ2) is 4.25. The molecule has 0 aliphatic heterocycles. The highest BCUT2D eigenvalue weighted by Gasteiger charge is 2.18. The van der Waals surface area contributed by atoms with Gasteiger partial charge in [-0.15, -0.1) is 0 Å². The highest BCUT2D eigenvalue weighted by molar-refractivity contribution is 5.33. The summed E-state index contributed by atoms with van der Waals surface area (Å²) < 4.78 is 28.3. The molecule has 2 aromatic rings. The van der Waals surface area contributed by atoms with E-state index < -0.39 is 17.7 Å². The number of nitrogens with zero attached hydrogens (tertiary/aromatic N) is 2. The first-order chi connectivity index (χ1) is 8.00. The van der Waals surface area contributed by atoms with Crippen LogP contribution in [0, 0.1) is 18.6 Å². The van der Waals surface area contributed by atoms with Crippen LogP contribution in [0.5, 0.6) is 0 Å². The normalized spacial score (nSPS) is 12.8. The minimum absolute atomic E-state index is 0.140. The summed E-state index contributed by atoms with van der Waals surface area (Å²) in [6.45, 7) is 1.83. The van der Waals surface area contributed by atoms with Crippen LogP contribution >= 0.6 is 0 Å². The predicted molar refractivity (Wildman–Crippen MR) is 60.3 cm³/mol. The monoisotopic (exact) mass is 237 g/mol. The summed E-state index contributed by atoms with van der Waals surface area (Å²) in [5, 5.41) is 4.04. The number of hydrogen-bond donors (Lipinski definition) is 1. The molecular weight excluding hydrogens is 224 g/mol. The average Bonchev–Trinajstić information content (AvgIpc) is 2.62. The Labute approximate surface area is 97.9 Å². The van der Waals surface area contributed by atoms with Gasteiger partial charge in [0.1, 0.15) is 11.6 Å². The van der Waals surface area contributed by atoms with Crippen LogP contribution in [0.1, 0.15) is 22.9 Å². The van der Waals surface area contributed by atoms with E-state index in [9.17, 15) is 8.78 Å². The number of nitrogens with two attached hydrogens (primary N) is 1. The average molecular weight is 237 g/mol. The van der Waals surface area contributed by atoms with Crippen molar-refractivity contribution in [2.75, 3.05) is 0 Å². The van der Waals surface area contributed by atoms with Crippen molar-refractivity contribution in [2.45, 2.75) is 13.0 Å². The van der Waals surface area contributed by atoms with Crippen molar-refractivity contribution in [3.63, 3.8) is 0 Å². The molecular formula is C12H13F2N3. The van der Waals surface area contributed by atoms with Crippen LogP contribution in [-0.2, 0) is 7.05 Å². The molecule has 0 radical (unpaired) electrons. The van der Waals surface area contributed by atoms with Gasteiger partial charge in [0.05, 0.1) is 12.2 Å². The van der Waals surface area contributed by atoms with Gasteiger partial charge in [-0.25, -0.2) is 8.78 Å². The zero-order chi connectivity index (χ0) is 12.6. The molecule has 90 valence electrons. The third-order valence-corrected chi connectivity index (χ3v) is 2.90. The molecule has 0 saturated heterocycles. The van der Waals surface area contributed by atoms with E-state index in [4.69, 9.17) is 5.73 Å². The van der Waals surface area contributed by atoms with Crippen LogP contribution in [0.2, 0.25) is 0 Å². The first kappa shape index (κ1) is 11.7. The summed E-state index contributed by atoms with van der Waals surface area (Å²) in [4.78, 5) is 0. The largest absolute Gasteiger partial charge is 0.320 e. The summed E-state index contributed by atoms with van der Waals surface area (Å²) in [5.74, 6) is -1.01. The summed E-state index contributed by atoms with van der Waals surface area (Å²) in [7, 11) is 1.77. The number of aromatic nitrogens is 2. The van der Waals surface area contributed by atoms with Gasteiger partial charge in [-0.2, -0.15) is 5.10 Å². The molecule has 2 rings (SSSR count). The number of rotatable bonds is 2. The van der Waals surface area contributed by atoms with Gasteiger partial charge in [0.25, 0.3) is 0 Å². The molecule has 1 aromatic heterocycles. The van der Waals surface area contributed by atoms with E-state index in [1.807, 2.05) is 6.92 Å². The quantitative estimate of drug-likeness (QED) is 0.868. The van der Waals surface area contributed by atoms with E-state index in [0.29, 0.717) is 5.56 Å². The van der Waals surface area contributed by atoms with E-state index in [1.54, 1.807) is 17.9 Å². The molecule has 17 heavy (non-hydrogen) atoms. The van der Waals surface area contributed by atoms with Gasteiger partial charge in [-0.05, 0) is 25.1 Å². The van der Waals surface area contributed by atoms with E-state index >= 15 is 0 Å². The van der Waals surface area contributed by atoms with Crippen LogP contribution in [0.15, 0.2) is 24.4 Å². The highest BCUT2D eigenvalue weighted by atomic mass is 19.1. The maximum absolute atomic E-state index is 13.6. The molecule has 1 aromatic carbocycles. The Morgan fingerprint density at radius 1 is 1.29 bits per heavy atom. The molecule has 0 amide bonds. The molecule has 1 heterocycles. The number of aryl methyl sites for hydroxylation is 1. The zero-order valence-corrected chi connectivity index (χ0v) is 9.61. The standard InChI is InChI=1S/C12H13F2N3/c1-7-10(6-16-17(7)2)12(15)9-5-8(13)3-4-11(9)14/h3-6,12H,15H2,1-2H3. The lowest BCUT2D eigenvalue weighted by molar-refractivity contribution is 0.576. The van der Waals surface area contributed by atoms with Crippen LogP contribution in [-0.4, -0.2) is 9.78 Å². The topological polar surface area (TPSA) is 43.8 Å². The summed E-state index contributed by atoms with van der Waals surface area (Å²) in [5.41, 5.74) is 7.61. The van der Waals surface area contributed by atoms with Crippen molar-refractivity contribution in [1.29, 1.82) is 0 Å². The third-order valence-electron chi connectivity index (χ3n) is 2.90. The van der Waals surface area contributed by atoms with Gasteiger partial charge in [-0.1, -0.05) is 0 Å². The second-order valence-corrected chi connectivity index (χ2v) is 3.95. The Balaban J connectivity index is 2.47. The maximum atomic E-state index is 13.6. The van der Waals surface area contributed by atoms with Gasteiger partial charge >= 0.3 is 0 Å². The summed E-state index contributed by atoms with van der Waals surface area (Å²) in [6, 6.07) is 2.56. The first-order valence-electron chi connectivity index (χ1n) is 5.19. The Morgan fingerprint density at radius 3 is 2.59 bits per heavy atom. The van der Waals surface area contributed by atoms with Crippen LogP contribution < -0.4 is 5.73 Å². The predicted octanol–water partition coefficient (Wildman–Crippen LogP) is 2.05. The Kier molecular flexibility index (Phi) is 2.93. The minimum Gasteiger partial charge on any atom is -0.320 e. The van der Waals surface area contributed by atoms with E-state index in [2.05, 4.69) is 5.10 Å². The molecule has 1 unspecified atom stereocenters. The van der Waals surface area contributed by atoms with E-state index in [1.165, 1.54) is 0 Å². The highest BCUT2D eigenvalue weighted by Crippen LogP contribution is 2.24. The number of benzene rings is 1. The summed E-state index contributed by atoms with van der Waals surface area (Å²) in [6.07, 6.45) is 1.57. The Hall–Kier alpha value is -1.75. The van der Waals surface area contributed by atoms with Crippen molar-refractivity contribution in [3.8, 4) is 0 Å². The van der Waals surface area contributed by atoms with E-state index in [0.717, 1.165) is 23.9 Å². The smallest absolute Gasteiger partial charge is 0.128 e. The van der Waals surface area contributed by atoms with Crippen molar-refractivity contribution >= 4 is 0 Å². The second-order valence-electron chi connectivity index (χ2n) is 3.95. The Morgan fingerprint density at radius 2 is 2.00 bits per heavy atom. The fourth-order valence-corrected chi connectivity index (χ4v) is 1.74. The zero-order valence-electron chi connectivity index (χ0n) is 9.61. The molecule has 1 atom stereocenters. The van der Waals surface area contributed by atoms with Gasteiger partial charge in [0.15, 0.2) is 0 Å². The lowest BCUT2D eigenvalue weighted by Gasteiger charge is -2.12. The Bertz CT molecular complexity index is 549. The number of halogens is 2. The van der Waals surface area contributed by atoms with Gasteiger partial charge in [0.2, 0.25) is 0 Å². The number of hydrogen-bond acceptors (Lipinski definition) is 2. The lowest BCUT2D eigenvalue weighted by Crippen LogP contribution is -2.15. The van der Waals surface area contributed by atoms with Gasteiger partial charge in [-0.3, -0.25) is 4.68 Å². The van der Waals surface area contributed by atoms with Gasteiger partial charge in [0, 0.05) is 23.9 Å². The molecule has 0 bridgehead atoms. The molecule has 0 fully saturated rings. The van der Waals surface area contributed by atoms with Crippen molar-refractivity contribution in [2.24, 2.45) is 12.8 Å². The van der Waals surface area contributed by atoms with Crippen LogP contribution in [0.25, 0.3) is 0 Å². The maximum Gasteiger partial charge on any atom is 0.128 e. The molecule has 0 aliphatic carbocycles. The lowest BCUT2D eigenvalue weighted by atomic mass is 10.00. The van der Waals surface area contributed by atoms with Crippen molar-refractivity contribution in [3.05, 3.63) is 52.9 Å². The van der Waals surface area contributed by atoms with Crippen LogP contribution in [0.3, 0.4) is 0 Å². The first-order valence-corrected chi connectivity index (χ1v) is 5.19. The molecule has 2 N–H and O–H groups in total. The summed E-state index contributed by atoms with van der Waals surface area (Å²) >= 11 is 0. The molecule has 0 aliphatic rings. The third kappa shape index (κ3) is 2.06. The fourth-order valence-electron chi connectivity index (χ4n) is 1.74. The SMILES string of the molecule is Cc1c(C(N)c2cc(F)ccc2F)cnn1C. The molecule has 0 saturated carbocycles. The minimum atomic E-state index is -0.709. The van der Waals surface area contributed by atoms with Crippen molar-refractivity contribution < 1.29 is 8.78 Å². The van der Waals surface area contributed by atoms with Gasteiger partial charge < -0.3 is 5.73 Å².